The summed E-state index contributed by atoms with van der Waals surface area (Å²) in [6.07, 6.45) is 8.79. The van der Waals surface area contributed by atoms with Crippen LogP contribution in [0.25, 0.3) is 4.85 Å². The monoisotopic (exact) mass is 571 g/mol. The number of carbonyl (C=O) groups excluding carboxylic acids is 3. The summed E-state index contributed by atoms with van der Waals surface area (Å²) in [5, 5.41) is 0. The Bertz CT molecular complexity index is 1090. The number of unbranched alkanes of at least 4 members (excludes halogenated alkanes) is 1. The van der Waals surface area contributed by atoms with Crippen LogP contribution >= 0.6 is 23.5 Å². The van der Waals surface area contributed by atoms with Crippen molar-refractivity contribution in [1.82, 2.24) is 0 Å². The topological polar surface area (TPSA) is 83.3 Å². The second-order valence-corrected chi connectivity index (χ2v) is 13.2. The molecule has 7 nitrogen and oxygen atoms in total. The fraction of sp³-hybridized carbons (Fsp3) is 0.600. The van der Waals surface area contributed by atoms with Crippen LogP contribution < -0.4 is 9.47 Å². The van der Waals surface area contributed by atoms with E-state index in [9.17, 15) is 14.4 Å². The average molecular weight is 572 g/mol. The van der Waals surface area contributed by atoms with Crippen molar-refractivity contribution in [3.63, 3.8) is 0 Å². The first-order valence-corrected chi connectivity index (χ1v) is 15.7. The van der Waals surface area contributed by atoms with Crippen LogP contribution in [0.15, 0.2) is 31.9 Å². The fourth-order valence-corrected chi connectivity index (χ4v) is 7.66. The zero-order valence-corrected chi connectivity index (χ0v) is 24.6. The highest BCUT2D eigenvalue weighted by atomic mass is 32.2. The van der Waals surface area contributed by atoms with E-state index in [1.54, 1.807) is 12.1 Å². The molecule has 0 spiro atoms. The summed E-state index contributed by atoms with van der Waals surface area (Å²) in [5.41, 5.74) is -0.116. The molecule has 2 fully saturated rings. The van der Waals surface area contributed by atoms with Gasteiger partial charge < -0.3 is 14.2 Å². The lowest BCUT2D eigenvalue weighted by molar-refractivity contribution is -0.141. The Kier molecular flexibility index (Phi) is 10.4. The third kappa shape index (κ3) is 7.40. The van der Waals surface area contributed by atoms with E-state index in [0.29, 0.717) is 43.8 Å². The standard InChI is InChI=1S/C30H37NO6S2/c1-5-6-17-35-29(34)24(31-4)30-38-25-22(36-27(32)20-11-7-18(2)8-12-20)15-16-23(26(25)39-30)37-28(33)21-13-9-19(3)10-14-21/h15-16,18-21H,5-14,17H2,1-3H3. The van der Waals surface area contributed by atoms with Gasteiger partial charge in [0.15, 0.2) is 0 Å². The SMILES string of the molecule is [C-]#[N+]C(C(=O)OCCCC)=C1Sc2c(OC(=O)C3CCC(C)CC3)ccc(OC(=O)C3CCC(C)CC3)c2S1. The third-order valence-corrected chi connectivity index (χ3v) is 10.4. The van der Waals surface area contributed by atoms with Crippen molar-refractivity contribution in [2.75, 3.05) is 6.61 Å². The van der Waals surface area contributed by atoms with Crippen molar-refractivity contribution in [2.24, 2.45) is 23.7 Å². The summed E-state index contributed by atoms with van der Waals surface area (Å²) >= 11 is 2.38. The van der Waals surface area contributed by atoms with Crippen molar-refractivity contribution >= 4 is 41.4 Å². The van der Waals surface area contributed by atoms with Crippen LogP contribution in [0.5, 0.6) is 11.5 Å². The van der Waals surface area contributed by atoms with Gasteiger partial charge in [-0.15, -0.1) is 0 Å². The number of carbonyl (C=O) groups is 3. The van der Waals surface area contributed by atoms with E-state index in [2.05, 4.69) is 18.7 Å². The second kappa shape index (κ2) is 13.8. The molecule has 210 valence electrons. The molecular formula is C30H37NO6S2. The van der Waals surface area contributed by atoms with Crippen LogP contribution in [0.3, 0.4) is 0 Å². The van der Waals surface area contributed by atoms with Crippen molar-refractivity contribution in [3.8, 4) is 11.5 Å². The highest BCUT2D eigenvalue weighted by molar-refractivity contribution is 8.24. The molecule has 3 aliphatic rings. The van der Waals surface area contributed by atoms with Crippen LogP contribution in [0, 0.1) is 30.2 Å². The molecule has 9 heteroatoms. The minimum absolute atomic E-state index is 0.116. The lowest BCUT2D eigenvalue weighted by atomic mass is 9.83. The van der Waals surface area contributed by atoms with Crippen LogP contribution in [0.2, 0.25) is 0 Å². The number of hydrogen-bond donors (Lipinski definition) is 0. The van der Waals surface area contributed by atoms with Gasteiger partial charge in [-0.1, -0.05) is 50.7 Å². The molecule has 0 unspecified atom stereocenters. The zero-order chi connectivity index (χ0) is 27.9. The minimum atomic E-state index is -0.675. The summed E-state index contributed by atoms with van der Waals surface area (Å²) in [5.74, 6) is 0.439. The Morgan fingerprint density at radius 2 is 1.31 bits per heavy atom. The predicted molar refractivity (Wildman–Crippen MR) is 151 cm³/mol. The lowest BCUT2D eigenvalue weighted by Gasteiger charge is -2.25. The number of thioether (sulfide) groups is 2. The van der Waals surface area contributed by atoms with E-state index in [1.807, 2.05) is 6.92 Å². The van der Waals surface area contributed by atoms with E-state index in [1.165, 1.54) is 23.5 Å². The maximum Gasteiger partial charge on any atom is 0.338 e. The molecule has 1 aromatic rings. The zero-order valence-electron chi connectivity index (χ0n) is 23.0. The first-order valence-electron chi connectivity index (χ1n) is 14.1. The van der Waals surface area contributed by atoms with Gasteiger partial charge in [-0.05, 0) is 81.8 Å². The molecule has 0 amide bonds. The quantitative estimate of drug-likeness (QED) is 0.103. The van der Waals surface area contributed by atoms with E-state index < -0.39 is 5.97 Å². The molecule has 0 radical (unpaired) electrons. The van der Waals surface area contributed by atoms with Crippen molar-refractivity contribution < 1.29 is 28.6 Å². The number of benzene rings is 1. The van der Waals surface area contributed by atoms with Crippen LogP contribution in [0.4, 0.5) is 0 Å². The number of rotatable bonds is 8. The average Bonchev–Trinajstić information content (AvgIpc) is 3.37. The first-order chi connectivity index (χ1) is 18.8. The molecule has 1 heterocycles. The summed E-state index contributed by atoms with van der Waals surface area (Å²) < 4.78 is 17.5. The van der Waals surface area contributed by atoms with Crippen LogP contribution in [-0.2, 0) is 19.1 Å². The first kappa shape index (κ1) is 29.5. The molecule has 1 aromatic carbocycles. The molecule has 39 heavy (non-hydrogen) atoms. The van der Waals surface area contributed by atoms with Crippen molar-refractivity contribution in [1.29, 1.82) is 0 Å². The van der Waals surface area contributed by atoms with Crippen LogP contribution in [0.1, 0.15) is 85.0 Å². The largest absolute Gasteiger partial charge is 0.471 e. The lowest BCUT2D eigenvalue weighted by Crippen LogP contribution is -2.25. The van der Waals surface area contributed by atoms with Gasteiger partial charge in [-0.25, -0.2) is 4.85 Å². The second-order valence-electron chi connectivity index (χ2n) is 10.9. The molecule has 4 rings (SSSR count). The Labute approximate surface area is 239 Å². The molecule has 0 bridgehead atoms. The Balaban J connectivity index is 1.59. The number of esters is 3. The van der Waals surface area contributed by atoms with Gasteiger partial charge in [0.25, 0.3) is 5.70 Å². The molecule has 1 aliphatic heterocycles. The van der Waals surface area contributed by atoms with Gasteiger partial charge >= 0.3 is 17.9 Å². The Morgan fingerprint density at radius 3 is 1.72 bits per heavy atom. The fourth-order valence-electron chi connectivity index (χ4n) is 5.11. The highest BCUT2D eigenvalue weighted by Gasteiger charge is 2.35. The maximum absolute atomic E-state index is 13.0. The van der Waals surface area contributed by atoms with Crippen molar-refractivity contribution in [3.05, 3.63) is 33.5 Å². The summed E-state index contributed by atoms with van der Waals surface area (Å²) in [6, 6.07) is 3.31. The maximum atomic E-state index is 13.0. The summed E-state index contributed by atoms with van der Waals surface area (Å²) in [4.78, 5) is 43.4. The summed E-state index contributed by atoms with van der Waals surface area (Å²) in [7, 11) is 0. The molecule has 0 aromatic heterocycles. The molecule has 0 saturated heterocycles. The molecule has 2 saturated carbocycles. The van der Waals surface area contributed by atoms with E-state index in [-0.39, 0.29) is 36.1 Å². The van der Waals surface area contributed by atoms with E-state index >= 15 is 0 Å². The minimum Gasteiger partial charge on any atom is -0.471 e. The molecule has 0 atom stereocenters. The van der Waals surface area contributed by atoms with Crippen molar-refractivity contribution in [2.45, 2.75) is 94.8 Å². The normalized spacial score (nSPS) is 24.3. The van der Waals surface area contributed by atoms with Crippen LogP contribution in [-0.4, -0.2) is 24.5 Å². The van der Waals surface area contributed by atoms with Gasteiger partial charge in [0.2, 0.25) is 0 Å². The van der Waals surface area contributed by atoms with Gasteiger partial charge in [-0.2, -0.15) is 0 Å². The van der Waals surface area contributed by atoms with Gasteiger partial charge in [0.1, 0.15) is 11.5 Å². The predicted octanol–water partition coefficient (Wildman–Crippen LogP) is 7.78. The number of ether oxygens (including phenoxy) is 3. The Hall–Kier alpha value is -2.44. The highest BCUT2D eigenvalue weighted by Crippen LogP contribution is 2.59. The number of nitrogens with zero attached hydrogens (tertiary/aromatic N) is 1. The molecular weight excluding hydrogens is 534 g/mol. The number of hydrogen-bond acceptors (Lipinski definition) is 8. The third-order valence-electron chi connectivity index (χ3n) is 7.78. The Morgan fingerprint density at radius 1 is 0.846 bits per heavy atom. The number of fused-ring (bicyclic) bond motifs is 1. The molecule has 2 aliphatic carbocycles. The van der Waals surface area contributed by atoms with Gasteiger partial charge in [-0.3, -0.25) is 14.4 Å². The smallest absolute Gasteiger partial charge is 0.338 e. The summed E-state index contributed by atoms with van der Waals surface area (Å²) in [6.45, 7) is 14.3. The van der Waals surface area contributed by atoms with Gasteiger partial charge in [0, 0.05) is 0 Å². The molecule has 0 N–H and O–H groups in total. The van der Waals surface area contributed by atoms with Gasteiger partial charge in [0.05, 0.1) is 39.0 Å². The van der Waals surface area contributed by atoms with E-state index in [4.69, 9.17) is 20.8 Å². The van der Waals surface area contributed by atoms with E-state index in [0.717, 1.165) is 57.8 Å².